The molecule has 4 heteroatoms. The van der Waals surface area contributed by atoms with Crippen LogP contribution >= 0.6 is 0 Å². The number of rotatable bonds is 6. The minimum Gasteiger partial charge on any atom is -0.468 e. The Labute approximate surface area is 91.2 Å². The van der Waals surface area contributed by atoms with Crippen molar-refractivity contribution in [2.45, 2.75) is 38.3 Å². The van der Waals surface area contributed by atoms with Gasteiger partial charge in [-0.05, 0) is 39.2 Å². The topological polar surface area (TPSA) is 49.8 Å². The van der Waals surface area contributed by atoms with Gasteiger partial charge in [-0.3, -0.25) is 9.69 Å². The lowest BCUT2D eigenvalue weighted by Crippen LogP contribution is -2.42. The van der Waals surface area contributed by atoms with Crippen LogP contribution in [0.4, 0.5) is 0 Å². The molecule has 0 saturated heterocycles. The molecule has 1 N–H and O–H groups in total. The fourth-order valence-corrected chi connectivity index (χ4v) is 1.79. The van der Waals surface area contributed by atoms with Crippen molar-refractivity contribution in [2.75, 3.05) is 20.7 Å². The SMILES string of the molecule is COC(=O)C(C1CC1)N(C)CCC(C)O. The van der Waals surface area contributed by atoms with E-state index in [0.717, 1.165) is 19.4 Å². The molecule has 1 aliphatic carbocycles. The number of hydrogen-bond donors (Lipinski definition) is 1. The van der Waals surface area contributed by atoms with Crippen LogP contribution in [0.15, 0.2) is 0 Å². The Hall–Kier alpha value is -0.610. The summed E-state index contributed by atoms with van der Waals surface area (Å²) in [6.45, 7) is 2.49. The summed E-state index contributed by atoms with van der Waals surface area (Å²) in [6.07, 6.45) is 2.60. The van der Waals surface area contributed by atoms with E-state index in [2.05, 4.69) is 0 Å². The summed E-state index contributed by atoms with van der Waals surface area (Å²) in [5.74, 6) is 0.307. The average molecular weight is 215 g/mol. The third kappa shape index (κ3) is 3.80. The van der Waals surface area contributed by atoms with Crippen LogP contribution in [0.2, 0.25) is 0 Å². The second kappa shape index (κ2) is 5.47. The monoisotopic (exact) mass is 215 g/mol. The zero-order valence-corrected chi connectivity index (χ0v) is 9.77. The summed E-state index contributed by atoms with van der Waals surface area (Å²) < 4.78 is 4.80. The lowest BCUT2D eigenvalue weighted by molar-refractivity contribution is -0.147. The number of carbonyl (C=O) groups excluding carboxylic acids is 1. The summed E-state index contributed by atoms with van der Waals surface area (Å²) in [7, 11) is 3.35. The molecule has 0 spiro atoms. The van der Waals surface area contributed by atoms with Crippen LogP contribution in [-0.4, -0.2) is 48.8 Å². The van der Waals surface area contributed by atoms with Crippen molar-refractivity contribution in [3.63, 3.8) is 0 Å². The van der Waals surface area contributed by atoms with Crippen LogP contribution in [0.25, 0.3) is 0 Å². The molecule has 2 atom stereocenters. The number of likely N-dealkylation sites (N-methyl/N-ethyl adjacent to an activating group) is 1. The van der Waals surface area contributed by atoms with E-state index >= 15 is 0 Å². The van der Waals surface area contributed by atoms with Crippen LogP contribution < -0.4 is 0 Å². The largest absolute Gasteiger partial charge is 0.468 e. The smallest absolute Gasteiger partial charge is 0.323 e. The first-order valence-electron chi connectivity index (χ1n) is 5.52. The van der Waals surface area contributed by atoms with Crippen molar-refractivity contribution in [2.24, 2.45) is 5.92 Å². The van der Waals surface area contributed by atoms with Crippen molar-refractivity contribution < 1.29 is 14.6 Å². The molecule has 0 heterocycles. The molecule has 0 aliphatic heterocycles. The molecule has 88 valence electrons. The fraction of sp³-hybridized carbons (Fsp3) is 0.909. The third-order valence-corrected chi connectivity index (χ3v) is 2.89. The van der Waals surface area contributed by atoms with Gasteiger partial charge < -0.3 is 9.84 Å². The van der Waals surface area contributed by atoms with Gasteiger partial charge >= 0.3 is 5.97 Å². The maximum atomic E-state index is 11.6. The molecule has 4 nitrogen and oxygen atoms in total. The van der Waals surface area contributed by atoms with Gasteiger partial charge in [-0.25, -0.2) is 0 Å². The summed E-state index contributed by atoms with van der Waals surface area (Å²) in [5.41, 5.74) is 0. The first-order chi connectivity index (χ1) is 7.06. The molecule has 2 unspecified atom stereocenters. The summed E-state index contributed by atoms with van der Waals surface area (Å²) in [4.78, 5) is 13.5. The van der Waals surface area contributed by atoms with Gasteiger partial charge in [-0.2, -0.15) is 0 Å². The van der Waals surface area contributed by atoms with Gasteiger partial charge in [0.2, 0.25) is 0 Å². The van der Waals surface area contributed by atoms with Gasteiger partial charge in [0, 0.05) is 6.54 Å². The number of hydrogen-bond acceptors (Lipinski definition) is 4. The van der Waals surface area contributed by atoms with Crippen LogP contribution in [0.1, 0.15) is 26.2 Å². The van der Waals surface area contributed by atoms with Gasteiger partial charge in [0.1, 0.15) is 6.04 Å². The molecule has 0 aromatic carbocycles. The Morgan fingerprint density at radius 2 is 2.20 bits per heavy atom. The molecular weight excluding hydrogens is 194 g/mol. The quantitative estimate of drug-likeness (QED) is 0.661. The maximum Gasteiger partial charge on any atom is 0.323 e. The number of methoxy groups -OCH3 is 1. The molecular formula is C11H21NO3. The van der Waals surface area contributed by atoms with E-state index in [1.165, 1.54) is 7.11 Å². The Kier molecular flexibility index (Phi) is 4.54. The Balaban J connectivity index is 2.44. The maximum absolute atomic E-state index is 11.6. The molecule has 0 radical (unpaired) electrons. The van der Waals surface area contributed by atoms with Crippen molar-refractivity contribution in [3.8, 4) is 0 Å². The van der Waals surface area contributed by atoms with Crippen LogP contribution in [0, 0.1) is 5.92 Å². The van der Waals surface area contributed by atoms with E-state index < -0.39 is 0 Å². The predicted molar refractivity (Wildman–Crippen MR) is 57.5 cm³/mol. The molecule has 0 bridgehead atoms. The van der Waals surface area contributed by atoms with Crippen LogP contribution in [0.5, 0.6) is 0 Å². The van der Waals surface area contributed by atoms with Gasteiger partial charge in [-0.1, -0.05) is 0 Å². The lowest BCUT2D eigenvalue weighted by atomic mass is 10.1. The minimum atomic E-state index is -0.315. The highest BCUT2D eigenvalue weighted by atomic mass is 16.5. The molecule has 1 aliphatic rings. The normalized spacial score (nSPS) is 20.1. The number of aliphatic hydroxyl groups excluding tert-OH is 1. The Morgan fingerprint density at radius 1 is 1.60 bits per heavy atom. The number of aliphatic hydroxyl groups is 1. The molecule has 15 heavy (non-hydrogen) atoms. The first-order valence-corrected chi connectivity index (χ1v) is 5.52. The van der Waals surface area contributed by atoms with Crippen molar-refractivity contribution in [3.05, 3.63) is 0 Å². The standard InChI is InChI=1S/C11H21NO3/c1-8(13)6-7-12(2)10(9-4-5-9)11(14)15-3/h8-10,13H,4-7H2,1-3H3. The molecule has 1 fully saturated rings. The summed E-state index contributed by atoms with van der Waals surface area (Å²) in [5, 5.41) is 9.19. The average Bonchev–Trinajstić information content (AvgIpc) is 2.98. The van der Waals surface area contributed by atoms with E-state index in [1.54, 1.807) is 6.92 Å². The zero-order chi connectivity index (χ0) is 11.4. The summed E-state index contributed by atoms with van der Waals surface area (Å²) in [6, 6.07) is -0.117. The number of ether oxygens (including phenoxy) is 1. The number of carbonyl (C=O) groups is 1. The highest BCUT2D eigenvalue weighted by Gasteiger charge is 2.39. The van der Waals surface area contributed by atoms with Gasteiger partial charge in [0.05, 0.1) is 13.2 Å². The second-order valence-corrected chi connectivity index (χ2v) is 4.42. The molecule has 1 saturated carbocycles. The van der Waals surface area contributed by atoms with Gasteiger partial charge in [0.15, 0.2) is 0 Å². The van der Waals surface area contributed by atoms with Crippen molar-refractivity contribution in [1.82, 2.24) is 4.90 Å². The molecule has 0 aromatic rings. The van der Waals surface area contributed by atoms with Crippen molar-refractivity contribution in [1.29, 1.82) is 0 Å². The van der Waals surface area contributed by atoms with Gasteiger partial charge in [0.25, 0.3) is 0 Å². The minimum absolute atomic E-state index is 0.117. The highest BCUT2D eigenvalue weighted by molar-refractivity contribution is 5.76. The second-order valence-electron chi connectivity index (χ2n) is 4.42. The zero-order valence-electron chi connectivity index (χ0n) is 9.77. The lowest BCUT2D eigenvalue weighted by Gasteiger charge is -2.26. The Bertz CT molecular complexity index is 214. The van der Waals surface area contributed by atoms with E-state index in [1.807, 2.05) is 11.9 Å². The highest BCUT2D eigenvalue weighted by Crippen LogP contribution is 2.35. The number of nitrogens with zero attached hydrogens (tertiary/aromatic N) is 1. The molecule has 0 amide bonds. The predicted octanol–water partition coefficient (Wildman–Crippen LogP) is 0.641. The first kappa shape index (κ1) is 12.5. The van der Waals surface area contributed by atoms with E-state index in [0.29, 0.717) is 12.3 Å². The van der Waals surface area contributed by atoms with E-state index in [4.69, 9.17) is 4.74 Å². The fourth-order valence-electron chi connectivity index (χ4n) is 1.79. The van der Waals surface area contributed by atoms with E-state index in [-0.39, 0.29) is 18.1 Å². The Morgan fingerprint density at radius 3 is 2.60 bits per heavy atom. The van der Waals surface area contributed by atoms with Gasteiger partial charge in [-0.15, -0.1) is 0 Å². The van der Waals surface area contributed by atoms with Crippen molar-refractivity contribution >= 4 is 5.97 Å². The van der Waals surface area contributed by atoms with E-state index in [9.17, 15) is 9.90 Å². The molecule has 0 aromatic heterocycles. The number of esters is 1. The summed E-state index contributed by atoms with van der Waals surface area (Å²) >= 11 is 0. The molecule has 1 rings (SSSR count). The van der Waals surface area contributed by atoms with Crippen LogP contribution in [-0.2, 0) is 9.53 Å². The van der Waals surface area contributed by atoms with Crippen LogP contribution in [0.3, 0.4) is 0 Å². The third-order valence-electron chi connectivity index (χ3n) is 2.89.